The average molecular weight is 550 g/mol. The summed E-state index contributed by atoms with van der Waals surface area (Å²) in [6, 6.07) is 2.45. The summed E-state index contributed by atoms with van der Waals surface area (Å²) in [5, 5.41) is 10.1. The Balaban J connectivity index is 1.34. The maximum absolute atomic E-state index is 13.4. The van der Waals surface area contributed by atoms with Gasteiger partial charge in [0.15, 0.2) is 12.1 Å². The molecule has 5 saturated carbocycles. The van der Waals surface area contributed by atoms with Gasteiger partial charge < -0.3 is 9.47 Å². The molecule has 4 heteroatoms. The normalized spacial score (nSPS) is 51.5. The minimum absolute atomic E-state index is 0.0186. The van der Waals surface area contributed by atoms with Gasteiger partial charge in [0.25, 0.3) is 0 Å². The number of carbonyl (C=O) groups is 1. The van der Waals surface area contributed by atoms with Crippen molar-refractivity contribution >= 4 is 5.78 Å². The number of hydrogen-bond donors (Lipinski definition) is 0. The van der Waals surface area contributed by atoms with E-state index in [1.54, 1.807) is 0 Å². The summed E-state index contributed by atoms with van der Waals surface area (Å²) in [6.45, 7) is 20.6. The van der Waals surface area contributed by atoms with Crippen molar-refractivity contribution in [1.82, 2.24) is 0 Å². The number of Topliss-reactive ketones (excluding diaryl/α,β-unsaturated/α-hetero) is 1. The van der Waals surface area contributed by atoms with Crippen molar-refractivity contribution in [2.45, 2.75) is 125 Å². The van der Waals surface area contributed by atoms with E-state index in [9.17, 15) is 10.1 Å². The van der Waals surface area contributed by atoms with Gasteiger partial charge in [-0.1, -0.05) is 46.8 Å². The van der Waals surface area contributed by atoms with Crippen molar-refractivity contribution in [1.29, 1.82) is 5.26 Å². The van der Waals surface area contributed by atoms with Crippen LogP contribution < -0.4 is 0 Å². The maximum Gasteiger partial charge on any atom is 0.157 e. The Labute approximate surface area is 244 Å². The molecule has 11 unspecified atom stereocenters. The van der Waals surface area contributed by atoms with E-state index in [0.717, 1.165) is 38.9 Å². The Morgan fingerprint density at radius 1 is 0.975 bits per heavy atom. The summed E-state index contributed by atoms with van der Waals surface area (Å²) < 4.78 is 12.6. The summed E-state index contributed by atoms with van der Waals surface area (Å²) in [4.78, 5) is 13.4. The summed E-state index contributed by atoms with van der Waals surface area (Å²) in [6.07, 6.45) is 14.0. The van der Waals surface area contributed by atoms with Crippen LogP contribution in [0.15, 0.2) is 12.2 Å². The minimum atomic E-state index is -0.454. The van der Waals surface area contributed by atoms with Crippen LogP contribution in [0.25, 0.3) is 0 Å². The summed E-state index contributed by atoms with van der Waals surface area (Å²) >= 11 is 0. The molecule has 6 fully saturated rings. The fourth-order valence-electron chi connectivity index (χ4n) is 12.7. The van der Waals surface area contributed by atoms with Crippen LogP contribution in [0.1, 0.15) is 119 Å². The third-order valence-corrected chi connectivity index (χ3v) is 14.8. The van der Waals surface area contributed by atoms with Crippen LogP contribution in [0.3, 0.4) is 0 Å². The number of fused-ring (bicyclic) bond motifs is 7. The Hall–Kier alpha value is -1.18. The number of hydrogen-bond acceptors (Lipinski definition) is 4. The molecule has 0 bridgehead atoms. The van der Waals surface area contributed by atoms with Crippen molar-refractivity contribution < 1.29 is 14.3 Å². The first-order valence-corrected chi connectivity index (χ1v) is 16.7. The van der Waals surface area contributed by atoms with Crippen molar-refractivity contribution in [2.75, 3.05) is 13.2 Å². The van der Waals surface area contributed by atoms with Crippen molar-refractivity contribution in [3.63, 3.8) is 0 Å². The highest BCUT2D eigenvalue weighted by Crippen LogP contribution is 2.77. The first kappa shape index (κ1) is 28.9. The molecule has 0 spiro atoms. The number of nitrogens with zero attached hydrogens (tertiary/aromatic N) is 1. The van der Waals surface area contributed by atoms with E-state index in [2.05, 4.69) is 54.2 Å². The van der Waals surface area contributed by atoms with Gasteiger partial charge in [-0.25, -0.2) is 0 Å². The van der Waals surface area contributed by atoms with E-state index >= 15 is 0 Å². The second kappa shape index (κ2) is 9.67. The zero-order chi connectivity index (χ0) is 28.7. The van der Waals surface area contributed by atoms with Crippen LogP contribution in [0.5, 0.6) is 0 Å². The molecule has 1 heterocycles. The molecule has 0 aromatic heterocycles. The van der Waals surface area contributed by atoms with Crippen LogP contribution in [-0.4, -0.2) is 25.3 Å². The quantitative estimate of drug-likeness (QED) is 0.330. The van der Waals surface area contributed by atoms with Crippen molar-refractivity contribution in [3.8, 4) is 6.07 Å². The molecule has 1 aliphatic heterocycles. The molecular weight excluding hydrogens is 494 g/mol. The van der Waals surface area contributed by atoms with Crippen LogP contribution >= 0.6 is 0 Å². The van der Waals surface area contributed by atoms with Gasteiger partial charge in [0.2, 0.25) is 0 Å². The van der Waals surface area contributed by atoms with Gasteiger partial charge in [-0.15, -0.1) is 0 Å². The highest BCUT2D eigenvalue weighted by Gasteiger charge is 2.71. The Bertz CT molecular complexity index is 1080. The van der Waals surface area contributed by atoms with Crippen molar-refractivity contribution in [3.05, 3.63) is 12.2 Å². The first-order chi connectivity index (χ1) is 18.8. The molecule has 0 amide bonds. The Morgan fingerprint density at radius 2 is 1.75 bits per heavy atom. The topological polar surface area (TPSA) is 59.3 Å². The first-order valence-electron chi connectivity index (χ1n) is 16.7. The fraction of sp³-hybridized carbons (Fsp3) is 0.889. The number of carbonyl (C=O) groups excluding carboxylic acids is 1. The Morgan fingerprint density at radius 3 is 2.42 bits per heavy atom. The molecule has 6 rings (SSSR count). The number of ketones is 1. The van der Waals surface area contributed by atoms with Gasteiger partial charge in [0, 0.05) is 12.0 Å². The second-order valence-corrected chi connectivity index (χ2v) is 16.6. The van der Waals surface area contributed by atoms with Gasteiger partial charge in [-0.05, 0) is 135 Å². The van der Waals surface area contributed by atoms with Crippen LogP contribution in [0, 0.1) is 73.9 Å². The van der Waals surface area contributed by atoms with E-state index < -0.39 is 11.3 Å². The molecular formula is C36H55NO3. The predicted octanol–water partition coefficient (Wildman–Crippen LogP) is 8.51. The summed E-state index contributed by atoms with van der Waals surface area (Å²) in [5.74, 6) is 2.57. The molecule has 5 aliphatic carbocycles. The van der Waals surface area contributed by atoms with Gasteiger partial charge >= 0.3 is 0 Å². The highest BCUT2D eigenvalue weighted by molar-refractivity contribution is 5.89. The van der Waals surface area contributed by atoms with E-state index in [1.807, 2.05) is 0 Å². The highest BCUT2D eigenvalue weighted by atomic mass is 16.7. The lowest BCUT2D eigenvalue weighted by Crippen LogP contribution is -2.67. The smallest absolute Gasteiger partial charge is 0.157 e. The third-order valence-electron chi connectivity index (χ3n) is 14.8. The van der Waals surface area contributed by atoms with Crippen LogP contribution in [0.4, 0.5) is 0 Å². The largest absolute Gasteiger partial charge is 0.353 e. The van der Waals surface area contributed by atoms with Gasteiger partial charge in [-0.3, -0.25) is 4.79 Å². The van der Waals surface area contributed by atoms with Crippen LogP contribution in [-0.2, 0) is 14.3 Å². The molecule has 0 N–H and O–H groups in total. The van der Waals surface area contributed by atoms with Gasteiger partial charge in [0.05, 0.1) is 12.7 Å². The zero-order valence-corrected chi connectivity index (χ0v) is 26.3. The monoisotopic (exact) mass is 549 g/mol. The lowest BCUT2D eigenvalue weighted by Gasteiger charge is -2.72. The lowest BCUT2D eigenvalue weighted by molar-refractivity contribution is -0.247. The standard InChI is InChI=1S/C36H55NO3/c1-23(2)25-13-16-36(22-40-29-10-8-9-19-39-29)18-17-34(6)26(30(25)36)11-12-28-33(5)20-24(21-37)31(38)32(3,4)27(33)14-15-35(28,34)7/h24-30H,1,8-20,22H2,2-7H3. The summed E-state index contributed by atoms with van der Waals surface area (Å²) in [7, 11) is 0. The fourth-order valence-corrected chi connectivity index (χ4v) is 12.7. The summed E-state index contributed by atoms with van der Waals surface area (Å²) in [5.41, 5.74) is 1.72. The Kier molecular flexibility index (Phi) is 6.99. The SMILES string of the molecule is C=C(C)C1CCC2(COC3CCCCO3)CCC3(C)C(CCC4C5(C)CC(C#N)C(=O)C(C)(C)C5CCC43C)C12. The number of rotatable bonds is 4. The van der Waals surface area contributed by atoms with Crippen molar-refractivity contribution in [2.24, 2.45) is 62.6 Å². The molecule has 4 nitrogen and oxygen atoms in total. The van der Waals surface area contributed by atoms with E-state index in [-0.39, 0.29) is 33.7 Å². The maximum atomic E-state index is 13.4. The lowest BCUT2D eigenvalue weighted by atomic mass is 9.32. The number of nitriles is 1. The molecule has 11 atom stereocenters. The van der Waals surface area contributed by atoms with Crippen LogP contribution in [0.2, 0.25) is 0 Å². The zero-order valence-electron chi connectivity index (χ0n) is 26.3. The van der Waals surface area contributed by atoms with Gasteiger partial charge in [-0.2, -0.15) is 5.26 Å². The van der Waals surface area contributed by atoms with E-state index in [0.29, 0.717) is 29.6 Å². The minimum Gasteiger partial charge on any atom is -0.353 e. The molecule has 6 aliphatic rings. The number of allylic oxidation sites excluding steroid dienone is 1. The average Bonchev–Trinajstić information content (AvgIpc) is 3.31. The van der Waals surface area contributed by atoms with E-state index in [1.165, 1.54) is 56.9 Å². The molecule has 222 valence electrons. The molecule has 1 saturated heterocycles. The predicted molar refractivity (Wildman–Crippen MR) is 158 cm³/mol. The molecule has 0 aromatic carbocycles. The molecule has 0 radical (unpaired) electrons. The molecule has 40 heavy (non-hydrogen) atoms. The molecule has 0 aromatic rings. The second-order valence-electron chi connectivity index (χ2n) is 16.6. The number of ether oxygens (including phenoxy) is 2. The van der Waals surface area contributed by atoms with E-state index in [4.69, 9.17) is 9.47 Å². The van der Waals surface area contributed by atoms with Gasteiger partial charge in [0.1, 0.15) is 5.92 Å². The third kappa shape index (κ3) is 3.85.